The zero-order chi connectivity index (χ0) is 16.5. The molecule has 0 aromatic heterocycles. The predicted molar refractivity (Wildman–Crippen MR) is 113 cm³/mol. The van der Waals surface area contributed by atoms with Gasteiger partial charge in [-0.3, -0.25) is 0 Å². The normalized spacial score (nSPS) is 14.2. The van der Waals surface area contributed by atoms with Crippen molar-refractivity contribution < 1.29 is 0 Å². The van der Waals surface area contributed by atoms with Gasteiger partial charge in [-0.15, -0.1) is 12.4 Å². The Hall–Kier alpha value is -2.23. The van der Waals surface area contributed by atoms with Crippen molar-refractivity contribution in [3.63, 3.8) is 0 Å². The van der Waals surface area contributed by atoms with E-state index in [4.69, 9.17) is 5.73 Å². The minimum Gasteiger partial charge on any atom is -0.378 e. The van der Waals surface area contributed by atoms with Crippen LogP contribution >= 0.6 is 24.2 Å². The molecule has 2 nitrogen and oxygen atoms in total. The third-order valence-electron chi connectivity index (χ3n) is 4.30. The first-order chi connectivity index (χ1) is 11.7. The molecule has 0 amide bonds. The van der Waals surface area contributed by atoms with E-state index in [9.17, 15) is 0 Å². The molecule has 126 valence electrons. The van der Waals surface area contributed by atoms with Gasteiger partial charge in [0, 0.05) is 11.3 Å². The summed E-state index contributed by atoms with van der Waals surface area (Å²) in [6.45, 7) is 2.09. The average molecular weight is 367 g/mol. The van der Waals surface area contributed by atoms with Crippen LogP contribution in [0.2, 0.25) is 0 Å². The predicted octanol–water partition coefficient (Wildman–Crippen LogP) is 5.50. The first-order valence-corrected chi connectivity index (χ1v) is 8.95. The maximum atomic E-state index is 6.00. The Labute approximate surface area is 158 Å². The minimum absolute atomic E-state index is 0. The fourth-order valence-corrected chi connectivity index (χ4v) is 3.72. The topological polar surface area (TPSA) is 38.4 Å². The summed E-state index contributed by atoms with van der Waals surface area (Å²) in [5, 5.41) is 3.14. The summed E-state index contributed by atoms with van der Waals surface area (Å²) in [5.74, 6) is 0.844. The summed E-state index contributed by atoms with van der Waals surface area (Å²) in [6, 6.07) is 23.5. The van der Waals surface area contributed by atoms with Gasteiger partial charge < -0.3 is 5.73 Å². The van der Waals surface area contributed by atoms with Crippen LogP contribution in [0.1, 0.15) is 16.7 Å². The van der Waals surface area contributed by atoms with Crippen molar-refractivity contribution in [3.8, 4) is 0 Å². The lowest BCUT2D eigenvalue weighted by atomic mass is 9.98. The van der Waals surface area contributed by atoms with Crippen molar-refractivity contribution in [2.24, 2.45) is 10.7 Å². The first-order valence-electron chi connectivity index (χ1n) is 7.97. The average Bonchev–Trinajstić information content (AvgIpc) is 2.62. The molecule has 4 rings (SSSR count). The number of aliphatic imine (C=N–C) groups is 1. The highest BCUT2D eigenvalue weighted by molar-refractivity contribution is 8.14. The van der Waals surface area contributed by atoms with Gasteiger partial charge >= 0.3 is 0 Å². The number of hydrogen-bond acceptors (Lipinski definition) is 3. The van der Waals surface area contributed by atoms with Gasteiger partial charge in [-0.1, -0.05) is 78.0 Å². The van der Waals surface area contributed by atoms with Gasteiger partial charge in [0.1, 0.15) is 0 Å². The lowest BCUT2D eigenvalue weighted by molar-refractivity contribution is 1.41. The number of aryl methyl sites for hydroxylation is 1. The summed E-state index contributed by atoms with van der Waals surface area (Å²) in [4.78, 5) is 4.66. The molecule has 0 spiro atoms. The summed E-state index contributed by atoms with van der Waals surface area (Å²) < 4.78 is 0. The zero-order valence-corrected chi connectivity index (χ0v) is 15.5. The second kappa shape index (κ2) is 7.34. The number of halogens is 1. The number of hydrogen-bond donors (Lipinski definition) is 1. The molecule has 25 heavy (non-hydrogen) atoms. The van der Waals surface area contributed by atoms with E-state index in [1.165, 1.54) is 27.5 Å². The summed E-state index contributed by atoms with van der Waals surface area (Å²) in [7, 11) is 0. The molecule has 0 fully saturated rings. The van der Waals surface area contributed by atoms with Crippen molar-refractivity contribution in [2.45, 2.75) is 6.92 Å². The summed E-state index contributed by atoms with van der Waals surface area (Å²) >= 11 is 1.60. The Morgan fingerprint density at radius 1 is 0.880 bits per heavy atom. The van der Waals surface area contributed by atoms with E-state index in [1.807, 2.05) is 0 Å². The van der Waals surface area contributed by atoms with Crippen molar-refractivity contribution in [3.05, 3.63) is 83.4 Å². The minimum atomic E-state index is 0. The number of amidine groups is 1. The highest BCUT2D eigenvalue weighted by atomic mass is 35.5. The van der Waals surface area contributed by atoms with Crippen LogP contribution < -0.4 is 5.73 Å². The maximum Gasteiger partial charge on any atom is 0.159 e. The Bertz CT molecular complexity index is 975. The fraction of sp³-hybridized carbons (Fsp3) is 0.0952. The second-order valence-electron chi connectivity index (χ2n) is 5.99. The molecule has 3 aromatic carbocycles. The van der Waals surface area contributed by atoms with E-state index in [2.05, 4.69) is 78.6 Å². The molecule has 0 atom stereocenters. The van der Waals surface area contributed by atoms with Gasteiger partial charge in [-0.2, -0.15) is 0 Å². The van der Waals surface area contributed by atoms with Gasteiger partial charge in [0.25, 0.3) is 0 Å². The van der Waals surface area contributed by atoms with E-state index in [0.29, 0.717) is 5.17 Å². The Balaban J connectivity index is 0.00000182. The van der Waals surface area contributed by atoms with Gasteiger partial charge in [-0.05, 0) is 34.9 Å². The maximum absolute atomic E-state index is 6.00. The smallest absolute Gasteiger partial charge is 0.159 e. The van der Waals surface area contributed by atoms with E-state index in [-0.39, 0.29) is 12.4 Å². The number of thioether (sulfide) groups is 1. The van der Waals surface area contributed by atoms with E-state index in [1.54, 1.807) is 11.8 Å². The van der Waals surface area contributed by atoms with Crippen LogP contribution in [-0.4, -0.2) is 10.9 Å². The van der Waals surface area contributed by atoms with E-state index < -0.39 is 0 Å². The molecule has 1 aliphatic rings. The highest BCUT2D eigenvalue weighted by Gasteiger charge is 2.17. The molecule has 1 aliphatic heterocycles. The molecule has 4 heteroatoms. The van der Waals surface area contributed by atoms with Gasteiger partial charge in [0.2, 0.25) is 0 Å². The molecular formula is C21H19ClN2S. The number of nitrogens with two attached hydrogens (primary N) is 1. The number of nitrogens with zero attached hydrogens (tertiary/aromatic N) is 1. The monoisotopic (exact) mass is 366 g/mol. The number of fused-ring (bicyclic) bond motifs is 1. The van der Waals surface area contributed by atoms with Gasteiger partial charge in [0.05, 0.1) is 5.70 Å². The number of benzene rings is 3. The fourth-order valence-electron chi connectivity index (χ4n) is 2.97. The quantitative estimate of drug-likeness (QED) is 0.650. The molecular weight excluding hydrogens is 348 g/mol. The third-order valence-corrected chi connectivity index (χ3v) is 5.12. The third kappa shape index (κ3) is 3.58. The summed E-state index contributed by atoms with van der Waals surface area (Å²) in [5.41, 5.74) is 11.8. The largest absolute Gasteiger partial charge is 0.378 e. The van der Waals surface area contributed by atoms with Crippen LogP contribution in [0.4, 0.5) is 0 Å². The molecule has 0 saturated heterocycles. The van der Waals surface area contributed by atoms with Crippen molar-refractivity contribution in [2.75, 3.05) is 5.75 Å². The molecule has 1 heterocycles. The van der Waals surface area contributed by atoms with Crippen LogP contribution in [0.3, 0.4) is 0 Å². The molecule has 0 radical (unpaired) electrons. The number of rotatable bonds is 2. The first kappa shape index (κ1) is 17.6. The standard InChI is InChI=1S/C21H18N2S.ClH/c1-14-6-8-16(9-7-14)20-19(13-24-21(22)23-20)18-11-10-15-4-2-3-5-17(15)12-18;/h2-12H,13H2,1H3,(H2,22,23);1H. The lowest BCUT2D eigenvalue weighted by Gasteiger charge is -2.18. The van der Waals surface area contributed by atoms with Gasteiger partial charge in [0.15, 0.2) is 5.17 Å². The van der Waals surface area contributed by atoms with Crippen molar-refractivity contribution >= 4 is 51.4 Å². The highest BCUT2D eigenvalue weighted by Crippen LogP contribution is 2.35. The van der Waals surface area contributed by atoms with Crippen LogP contribution in [0.5, 0.6) is 0 Å². The lowest BCUT2D eigenvalue weighted by Crippen LogP contribution is -2.13. The van der Waals surface area contributed by atoms with E-state index in [0.717, 1.165) is 17.0 Å². The van der Waals surface area contributed by atoms with Crippen LogP contribution in [0.15, 0.2) is 71.7 Å². The molecule has 0 bridgehead atoms. The molecule has 0 aliphatic carbocycles. The van der Waals surface area contributed by atoms with E-state index >= 15 is 0 Å². The van der Waals surface area contributed by atoms with Crippen LogP contribution in [0.25, 0.3) is 22.0 Å². The van der Waals surface area contributed by atoms with Crippen molar-refractivity contribution in [1.29, 1.82) is 0 Å². The zero-order valence-electron chi connectivity index (χ0n) is 13.9. The summed E-state index contributed by atoms with van der Waals surface area (Å²) in [6.07, 6.45) is 0. The second-order valence-corrected chi connectivity index (χ2v) is 6.99. The molecule has 0 saturated carbocycles. The molecule has 3 aromatic rings. The molecule has 0 unspecified atom stereocenters. The Kier molecular flexibility index (Phi) is 5.16. The van der Waals surface area contributed by atoms with Crippen LogP contribution in [-0.2, 0) is 0 Å². The van der Waals surface area contributed by atoms with Crippen LogP contribution in [0, 0.1) is 6.92 Å². The Morgan fingerprint density at radius 2 is 1.56 bits per heavy atom. The molecule has 2 N–H and O–H groups in total. The SMILES string of the molecule is Cc1ccc(C2=C(c3ccc4ccccc4c3)CSC(N)=N2)cc1.Cl. The van der Waals surface area contributed by atoms with Crippen molar-refractivity contribution in [1.82, 2.24) is 0 Å². The Morgan fingerprint density at radius 3 is 2.32 bits per heavy atom. The van der Waals surface area contributed by atoms with Gasteiger partial charge in [-0.25, -0.2) is 4.99 Å².